The molecule has 3 heterocycles. The van der Waals surface area contributed by atoms with Gasteiger partial charge in [-0.15, -0.1) is 0 Å². The number of amides is 1. The number of rotatable bonds is 6. The van der Waals surface area contributed by atoms with Gasteiger partial charge in [0.2, 0.25) is 11.6 Å². The summed E-state index contributed by atoms with van der Waals surface area (Å²) in [6.45, 7) is 3.32. The van der Waals surface area contributed by atoms with Gasteiger partial charge in [0.05, 0.1) is 19.4 Å². The van der Waals surface area contributed by atoms with Gasteiger partial charge in [0.1, 0.15) is 35.3 Å². The van der Waals surface area contributed by atoms with E-state index in [9.17, 15) is 14.4 Å². The van der Waals surface area contributed by atoms with Crippen LogP contribution in [0.3, 0.4) is 0 Å². The Kier molecular flexibility index (Phi) is 4.87. The monoisotopic (exact) mass is 359 g/mol. The largest absolute Gasteiger partial charge is 0.467 e. The lowest BCUT2D eigenvalue weighted by Gasteiger charge is -2.06. The molecule has 0 saturated heterocycles. The SMILES string of the molecule is CCOC(=O)c1c(C)oc2ncn(CC(=O)NCc3ccco3)c(=O)c12. The van der Waals surface area contributed by atoms with Crippen molar-refractivity contribution in [1.82, 2.24) is 14.9 Å². The molecule has 3 aromatic rings. The number of ether oxygens (including phenoxy) is 1. The third-order valence-corrected chi connectivity index (χ3v) is 3.69. The van der Waals surface area contributed by atoms with Crippen LogP contribution in [0.2, 0.25) is 0 Å². The molecule has 0 aromatic carbocycles. The Bertz CT molecular complexity index is 1000. The number of aromatic nitrogens is 2. The molecule has 1 N–H and O–H groups in total. The maximum Gasteiger partial charge on any atom is 0.342 e. The summed E-state index contributed by atoms with van der Waals surface area (Å²) < 4.78 is 16.6. The number of hydrogen-bond donors (Lipinski definition) is 1. The summed E-state index contributed by atoms with van der Waals surface area (Å²) in [7, 11) is 0. The van der Waals surface area contributed by atoms with Crippen LogP contribution in [0.4, 0.5) is 0 Å². The molecule has 3 rings (SSSR count). The molecular weight excluding hydrogens is 342 g/mol. The van der Waals surface area contributed by atoms with Crippen molar-refractivity contribution >= 4 is 23.0 Å². The van der Waals surface area contributed by atoms with E-state index in [0.717, 1.165) is 4.57 Å². The van der Waals surface area contributed by atoms with Crippen LogP contribution >= 0.6 is 0 Å². The number of esters is 1. The smallest absolute Gasteiger partial charge is 0.342 e. The maximum absolute atomic E-state index is 12.7. The zero-order chi connectivity index (χ0) is 18.7. The molecule has 0 saturated carbocycles. The minimum Gasteiger partial charge on any atom is -0.467 e. The fourth-order valence-corrected chi connectivity index (χ4v) is 2.51. The molecule has 1 amide bonds. The van der Waals surface area contributed by atoms with Crippen LogP contribution in [0.1, 0.15) is 28.8 Å². The molecule has 26 heavy (non-hydrogen) atoms. The number of carbonyl (C=O) groups is 2. The van der Waals surface area contributed by atoms with Crippen LogP contribution < -0.4 is 10.9 Å². The zero-order valence-electron chi connectivity index (χ0n) is 14.3. The van der Waals surface area contributed by atoms with Crippen LogP contribution in [0, 0.1) is 6.92 Å². The highest BCUT2D eigenvalue weighted by molar-refractivity contribution is 6.03. The van der Waals surface area contributed by atoms with E-state index in [-0.39, 0.29) is 42.1 Å². The van der Waals surface area contributed by atoms with Gasteiger partial charge in [-0.1, -0.05) is 0 Å². The van der Waals surface area contributed by atoms with E-state index in [1.165, 1.54) is 12.6 Å². The Morgan fingerprint density at radius 1 is 1.38 bits per heavy atom. The predicted molar refractivity (Wildman–Crippen MR) is 89.5 cm³/mol. The molecule has 0 unspecified atom stereocenters. The van der Waals surface area contributed by atoms with Crippen molar-refractivity contribution in [2.75, 3.05) is 6.61 Å². The number of fused-ring (bicyclic) bond motifs is 1. The standard InChI is InChI=1S/C17H17N3O6/c1-3-24-17(23)13-10(2)26-15-14(13)16(22)20(9-19-15)8-12(21)18-7-11-5-4-6-25-11/h4-6,9H,3,7-8H2,1-2H3,(H,18,21). The lowest BCUT2D eigenvalue weighted by molar-refractivity contribution is -0.122. The van der Waals surface area contributed by atoms with E-state index < -0.39 is 17.4 Å². The number of nitrogens with one attached hydrogen (secondary N) is 1. The Labute approximate surface area is 147 Å². The summed E-state index contributed by atoms with van der Waals surface area (Å²) in [5.41, 5.74) is -0.490. The average molecular weight is 359 g/mol. The first kappa shape index (κ1) is 17.5. The minimum atomic E-state index is -0.664. The third kappa shape index (κ3) is 3.37. The Morgan fingerprint density at radius 2 is 2.19 bits per heavy atom. The van der Waals surface area contributed by atoms with Crippen LogP contribution in [0.15, 0.2) is 38.4 Å². The molecule has 0 bridgehead atoms. The highest BCUT2D eigenvalue weighted by Crippen LogP contribution is 2.21. The molecule has 0 aliphatic heterocycles. The summed E-state index contributed by atoms with van der Waals surface area (Å²) in [6.07, 6.45) is 2.71. The third-order valence-electron chi connectivity index (χ3n) is 3.69. The van der Waals surface area contributed by atoms with Gasteiger partial charge < -0.3 is 18.9 Å². The fourth-order valence-electron chi connectivity index (χ4n) is 2.51. The van der Waals surface area contributed by atoms with E-state index >= 15 is 0 Å². The second-order valence-corrected chi connectivity index (χ2v) is 5.47. The molecule has 0 aliphatic carbocycles. The van der Waals surface area contributed by atoms with Crippen LogP contribution in [0.25, 0.3) is 11.1 Å². The molecule has 9 heteroatoms. The van der Waals surface area contributed by atoms with Gasteiger partial charge in [0.15, 0.2) is 0 Å². The fraction of sp³-hybridized carbons (Fsp3) is 0.294. The summed E-state index contributed by atoms with van der Waals surface area (Å²) >= 11 is 0. The lowest BCUT2D eigenvalue weighted by atomic mass is 10.2. The van der Waals surface area contributed by atoms with Crippen molar-refractivity contribution in [3.05, 3.63) is 52.2 Å². The second kappa shape index (κ2) is 7.26. The summed E-state index contributed by atoms with van der Waals surface area (Å²) in [4.78, 5) is 40.9. The summed E-state index contributed by atoms with van der Waals surface area (Å²) in [6, 6.07) is 3.43. The van der Waals surface area contributed by atoms with Crippen molar-refractivity contribution in [1.29, 1.82) is 0 Å². The van der Waals surface area contributed by atoms with Crippen LogP contribution in [0.5, 0.6) is 0 Å². The number of hydrogen-bond acceptors (Lipinski definition) is 7. The molecule has 136 valence electrons. The minimum absolute atomic E-state index is 0.00212. The van der Waals surface area contributed by atoms with Gasteiger partial charge in [-0.2, -0.15) is 0 Å². The van der Waals surface area contributed by atoms with Gasteiger partial charge >= 0.3 is 5.97 Å². The van der Waals surface area contributed by atoms with Gasteiger partial charge in [0.25, 0.3) is 5.56 Å². The molecule has 0 fully saturated rings. The number of aryl methyl sites for hydroxylation is 1. The quantitative estimate of drug-likeness (QED) is 0.661. The molecule has 0 atom stereocenters. The molecule has 0 spiro atoms. The number of carbonyl (C=O) groups excluding carboxylic acids is 2. The van der Waals surface area contributed by atoms with E-state index in [1.54, 1.807) is 26.0 Å². The van der Waals surface area contributed by atoms with Gasteiger partial charge in [-0.25, -0.2) is 9.78 Å². The first-order chi connectivity index (χ1) is 12.5. The Balaban J connectivity index is 1.86. The van der Waals surface area contributed by atoms with Crippen molar-refractivity contribution in [2.24, 2.45) is 0 Å². The van der Waals surface area contributed by atoms with Crippen LogP contribution in [-0.4, -0.2) is 28.0 Å². The van der Waals surface area contributed by atoms with Crippen molar-refractivity contribution in [3.63, 3.8) is 0 Å². The van der Waals surface area contributed by atoms with Crippen molar-refractivity contribution in [2.45, 2.75) is 26.9 Å². The molecule has 0 aliphatic rings. The topological polar surface area (TPSA) is 117 Å². The lowest BCUT2D eigenvalue weighted by Crippen LogP contribution is -2.32. The zero-order valence-corrected chi connectivity index (χ0v) is 14.3. The summed E-state index contributed by atoms with van der Waals surface area (Å²) in [5, 5.41) is 2.64. The number of furan rings is 2. The normalized spacial score (nSPS) is 10.8. The van der Waals surface area contributed by atoms with E-state index in [2.05, 4.69) is 10.3 Å². The van der Waals surface area contributed by atoms with Crippen LogP contribution in [-0.2, 0) is 22.6 Å². The number of nitrogens with zero attached hydrogens (tertiary/aromatic N) is 2. The highest BCUT2D eigenvalue weighted by Gasteiger charge is 2.24. The Morgan fingerprint density at radius 3 is 2.88 bits per heavy atom. The molecule has 3 aromatic heterocycles. The van der Waals surface area contributed by atoms with E-state index in [0.29, 0.717) is 5.76 Å². The summed E-state index contributed by atoms with van der Waals surface area (Å²) in [5.74, 6) is -0.234. The highest BCUT2D eigenvalue weighted by atomic mass is 16.5. The first-order valence-electron chi connectivity index (χ1n) is 7.96. The average Bonchev–Trinajstić information content (AvgIpc) is 3.23. The Hall–Kier alpha value is -3.36. The molecule has 0 radical (unpaired) electrons. The predicted octanol–water partition coefficient (Wildman–Crippen LogP) is 1.38. The van der Waals surface area contributed by atoms with E-state index in [1.807, 2.05) is 0 Å². The maximum atomic E-state index is 12.7. The van der Waals surface area contributed by atoms with Gasteiger partial charge in [-0.05, 0) is 26.0 Å². The van der Waals surface area contributed by atoms with Crippen molar-refractivity contribution < 1.29 is 23.2 Å². The molecular formula is C17H17N3O6. The van der Waals surface area contributed by atoms with Gasteiger partial charge in [-0.3, -0.25) is 14.2 Å². The first-order valence-corrected chi connectivity index (χ1v) is 7.96. The van der Waals surface area contributed by atoms with Gasteiger partial charge in [0, 0.05) is 0 Å². The van der Waals surface area contributed by atoms with E-state index in [4.69, 9.17) is 13.6 Å². The van der Waals surface area contributed by atoms with Crippen molar-refractivity contribution in [3.8, 4) is 0 Å². The second-order valence-electron chi connectivity index (χ2n) is 5.47. The molecule has 9 nitrogen and oxygen atoms in total.